The Balaban J connectivity index is 1.62. The summed E-state index contributed by atoms with van der Waals surface area (Å²) in [6.07, 6.45) is -0.289. The molecule has 0 radical (unpaired) electrons. The monoisotopic (exact) mass is 446 g/mol. The second-order valence-corrected chi connectivity index (χ2v) is 7.99. The highest BCUT2D eigenvalue weighted by molar-refractivity contribution is 7.99. The van der Waals surface area contributed by atoms with Gasteiger partial charge in [-0.2, -0.15) is 0 Å². The zero-order valence-corrected chi connectivity index (χ0v) is 18.8. The van der Waals surface area contributed by atoms with E-state index in [1.54, 1.807) is 18.2 Å². The summed E-state index contributed by atoms with van der Waals surface area (Å²) in [7, 11) is 3.39. The van der Waals surface area contributed by atoms with E-state index in [0.717, 1.165) is 11.3 Å². The summed E-state index contributed by atoms with van der Waals surface area (Å²) in [4.78, 5) is 12.4. The van der Waals surface area contributed by atoms with Gasteiger partial charge in [-0.25, -0.2) is 0 Å². The van der Waals surface area contributed by atoms with Gasteiger partial charge in [-0.05, 0) is 43.7 Å². The largest absolute Gasteiger partial charge is 0.495 e. The van der Waals surface area contributed by atoms with Gasteiger partial charge in [-0.15, -0.1) is 10.2 Å². The Hall–Kier alpha value is -2.71. The number of ether oxygens (including phenoxy) is 2. The molecule has 3 rings (SSSR count). The molecule has 0 saturated heterocycles. The van der Waals surface area contributed by atoms with Crippen LogP contribution in [0.5, 0.6) is 11.5 Å². The highest BCUT2D eigenvalue weighted by Gasteiger charge is 2.19. The summed E-state index contributed by atoms with van der Waals surface area (Å²) in [5.41, 5.74) is 1.57. The molecule has 0 aliphatic heterocycles. The minimum absolute atomic E-state index is 0.161. The number of carbonyl (C=O) groups is 1. The van der Waals surface area contributed by atoms with Crippen molar-refractivity contribution in [1.82, 2.24) is 14.8 Å². The number of rotatable bonds is 8. The number of benzene rings is 2. The lowest BCUT2D eigenvalue weighted by Gasteiger charge is -2.15. The van der Waals surface area contributed by atoms with Crippen LogP contribution in [0.15, 0.2) is 47.6 Å². The highest BCUT2D eigenvalue weighted by atomic mass is 35.5. The number of hydrogen-bond acceptors (Lipinski definition) is 6. The van der Waals surface area contributed by atoms with E-state index < -0.39 is 0 Å². The predicted molar refractivity (Wildman–Crippen MR) is 119 cm³/mol. The molecule has 0 bridgehead atoms. The first-order valence-corrected chi connectivity index (χ1v) is 10.6. The standard InChI is InChI=1S/C21H23ClN4O3S/c1-13-7-5-6-8-17(13)29-14(2)20-24-25-21(26(20)3)30-12-19(27)23-16-11-15(22)9-10-18(16)28-4/h5-11,14H,12H2,1-4H3,(H,23,27). The zero-order chi connectivity index (χ0) is 21.7. The Kier molecular flexibility index (Phi) is 7.23. The number of nitrogens with zero attached hydrogens (tertiary/aromatic N) is 3. The third-order valence-corrected chi connectivity index (χ3v) is 5.65. The van der Waals surface area contributed by atoms with Crippen molar-refractivity contribution >= 4 is 35.0 Å². The van der Waals surface area contributed by atoms with Crippen molar-refractivity contribution in [3.05, 3.63) is 58.9 Å². The number of halogens is 1. The Morgan fingerprint density at radius 1 is 1.23 bits per heavy atom. The van der Waals surface area contributed by atoms with Gasteiger partial charge in [0.15, 0.2) is 17.1 Å². The summed E-state index contributed by atoms with van der Waals surface area (Å²) in [5, 5.41) is 12.4. The second-order valence-electron chi connectivity index (χ2n) is 6.61. The average Bonchev–Trinajstić information content (AvgIpc) is 3.09. The van der Waals surface area contributed by atoms with Gasteiger partial charge >= 0.3 is 0 Å². The van der Waals surface area contributed by atoms with Crippen molar-refractivity contribution < 1.29 is 14.3 Å². The van der Waals surface area contributed by atoms with Gasteiger partial charge in [-0.3, -0.25) is 4.79 Å². The van der Waals surface area contributed by atoms with E-state index >= 15 is 0 Å². The number of nitrogens with one attached hydrogen (secondary N) is 1. The number of thioether (sulfide) groups is 1. The average molecular weight is 447 g/mol. The highest BCUT2D eigenvalue weighted by Crippen LogP contribution is 2.29. The minimum atomic E-state index is -0.289. The van der Waals surface area contributed by atoms with Gasteiger partial charge in [0.2, 0.25) is 5.91 Å². The summed E-state index contributed by atoms with van der Waals surface area (Å²) in [5.74, 6) is 1.99. The Morgan fingerprint density at radius 2 is 2.00 bits per heavy atom. The lowest BCUT2D eigenvalue weighted by Crippen LogP contribution is -2.15. The van der Waals surface area contributed by atoms with Crippen LogP contribution in [0.2, 0.25) is 5.02 Å². The van der Waals surface area contributed by atoms with Gasteiger partial charge in [0.05, 0.1) is 18.6 Å². The lowest BCUT2D eigenvalue weighted by atomic mass is 10.2. The molecule has 0 spiro atoms. The molecule has 1 atom stereocenters. The fourth-order valence-electron chi connectivity index (χ4n) is 2.83. The first-order valence-electron chi connectivity index (χ1n) is 9.26. The summed E-state index contributed by atoms with van der Waals surface area (Å²) in [6, 6.07) is 12.9. The van der Waals surface area contributed by atoms with E-state index in [1.165, 1.54) is 18.9 Å². The molecular formula is C21H23ClN4O3S. The van der Waals surface area contributed by atoms with Crippen molar-refractivity contribution in [2.75, 3.05) is 18.2 Å². The Labute approximate surface area is 184 Å². The molecular weight excluding hydrogens is 424 g/mol. The third-order valence-electron chi connectivity index (χ3n) is 4.40. The van der Waals surface area contributed by atoms with E-state index in [4.69, 9.17) is 21.1 Å². The first-order chi connectivity index (χ1) is 14.4. The smallest absolute Gasteiger partial charge is 0.234 e. The van der Waals surface area contributed by atoms with Crippen molar-refractivity contribution in [3.8, 4) is 11.5 Å². The second kappa shape index (κ2) is 9.86. The summed E-state index contributed by atoms with van der Waals surface area (Å²) in [6.45, 7) is 3.91. The first kappa shape index (κ1) is 22.0. The molecule has 0 aliphatic rings. The van der Waals surface area contributed by atoms with E-state index in [9.17, 15) is 4.79 Å². The van der Waals surface area contributed by atoms with Crippen molar-refractivity contribution in [1.29, 1.82) is 0 Å². The van der Waals surface area contributed by atoms with Crippen LogP contribution in [-0.4, -0.2) is 33.5 Å². The van der Waals surface area contributed by atoms with Crippen LogP contribution < -0.4 is 14.8 Å². The molecule has 1 aromatic heterocycles. The van der Waals surface area contributed by atoms with Gasteiger partial charge in [-0.1, -0.05) is 41.6 Å². The number of hydrogen-bond donors (Lipinski definition) is 1. The Bertz CT molecular complexity index is 1040. The van der Waals surface area contributed by atoms with Crippen LogP contribution >= 0.6 is 23.4 Å². The molecule has 1 unspecified atom stereocenters. The molecule has 2 aromatic carbocycles. The van der Waals surface area contributed by atoms with Crippen LogP contribution in [0.1, 0.15) is 24.4 Å². The van der Waals surface area contributed by atoms with Crippen LogP contribution in [0, 0.1) is 6.92 Å². The number of para-hydroxylation sites is 1. The quantitative estimate of drug-likeness (QED) is 0.507. The summed E-state index contributed by atoms with van der Waals surface area (Å²) >= 11 is 7.29. The molecule has 0 saturated carbocycles. The number of anilines is 1. The SMILES string of the molecule is COc1ccc(Cl)cc1NC(=O)CSc1nnc(C(C)Oc2ccccc2C)n1C. The topological polar surface area (TPSA) is 78.3 Å². The third kappa shape index (κ3) is 5.25. The molecule has 0 aliphatic carbocycles. The van der Waals surface area contributed by atoms with Gasteiger partial charge in [0.1, 0.15) is 11.5 Å². The van der Waals surface area contributed by atoms with Gasteiger partial charge in [0.25, 0.3) is 0 Å². The Morgan fingerprint density at radius 3 is 2.73 bits per heavy atom. The number of aromatic nitrogens is 3. The molecule has 9 heteroatoms. The fourth-order valence-corrected chi connectivity index (χ4v) is 3.72. The molecule has 7 nitrogen and oxygen atoms in total. The lowest BCUT2D eigenvalue weighted by molar-refractivity contribution is -0.113. The predicted octanol–water partition coefficient (Wildman–Crippen LogP) is 4.66. The molecule has 30 heavy (non-hydrogen) atoms. The zero-order valence-electron chi connectivity index (χ0n) is 17.2. The van der Waals surface area contributed by atoms with Crippen LogP contribution in [-0.2, 0) is 11.8 Å². The minimum Gasteiger partial charge on any atom is -0.495 e. The molecule has 3 aromatic rings. The maximum absolute atomic E-state index is 12.4. The normalized spacial score (nSPS) is 11.8. The van der Waals surface area contributed by atoms with E-state index in [-0.39, 0.29) is 17.8 Å². The maximum Gasteiger partial charge on any atom is 0.234 e. The van der Waals surface area contributed by atoms with Crippen LogP contribution in [0.3, 0.4) is 0 Å². The molecule has 158 valence electrons. The molecule has 0 fully saturated rings. The molecule has 1 amide bonds. The molecule has 1 N–H and O–H groups in total. The van der Waals surface area contributed by atoms with Crippen molar-refractivity contribution in [2.45, 2.75) is 25.1 Å². The van der Waals surface area contributed by atoms with Crippen molar-refractivity contribution in [3.63, 3.8) is 0 Å². The van der Waals surface area contributed by atoms with Gasteiger partial charge in [0, 0.05) is 12.1 Å². The van der Waals surface area contributed by atoms with Crippen LogP contribution in [0.4, 0.5) is 5.69 Å². The fraction of sp³-hybridized carbons (Fsp3) is 0.286. The van der Waals surface area contributed by atoms with E-state index in [0.29, 0.717) is 27.4 Å². The summed E-state index contributed by atoms with van der Waals surface area (Å²) < 4.78 is 13.1. The van der Waals surface area contributed by atoms with E-state index in [2.05, 4.69) is 15.5 Å². The number of amides is 1. The maximum atomic E-state index is 12.4. The van der Waals surface area contributed by atoms with E-state index in [1.807, 2.05) is 49.7 Å². The van der Waals surface area contributed by atoms with Crippen LogP contribution in [0.25, 0.3) is 0 Å². The molecule has 1 heterocycles. The van der Waals surface area contributed by atoms with Crippen molar-refractivity contribution in [2.24, 2.45) is 7.05 Å². The number of aryl methyl sites for hydroxylation is 1. The number of methoxy groups -OCH3 is 1. The number of carbonyl (C=O) groups excluding carboxylic acids is 1. The van der Waals surface area contributed by atoms with Gasteiger partial charge < -0.3 is 19.4 Å².